The zero-order valence-electron chi connectivity index (χ0n) is 11.1. The lowest BCUT2D eigenvalue weighted by atomic mass is 9.91. The van der Waals surface area contributed by atoms with Crippen LogP contribution in [0.5, 0.6) is 0 Å². The van der Waals surface area contributed by atoms with Crippen LogP contribution < -0.4 is 5.32 Å². The van der Waals surface area contributed by atoms with Gasteiger partial charge in [0, 0.05) is 5.41 Å². The predicted octanol–water partition coefficient (Wildman–Crippen LogP) is 2.99. The van der Waals surface area contributed by atoms with Crippen LogP contribution in [-0.4, -0.2) is 18.2 Å². The molecule has 0 saturated carbocycles. The fourth-order valence-corrected chi connectivity index (χ4v) is 1.56. The number of hydrogen-bond donors (Lipinski definition) is 1. The minimum Gasteiger partial charge on any atom is -0.345 e. The Kier molecular flexibility index (Phi) is 4.52. The van der Waals surface area contributed by atoms with Crippen molar-refractivity contribution in [2.45, 2.75) is 27.7 Å². The summed E-state index contributed by atoms with van der Waals surface area (Å²) in [5, 5.41) is 3.03. The highest BCUT2D eigenvalue weighted by Crippen LogP contribution is 2.20. The Morgan fingerprint density at radius 1 is 1.28 bits per heavy atom. The van der Waals surface area contributed by atoms with Gasteiger partial charge in [0.1, 0.15) is 0 Å². The highest BCUT2D eigenvalue weighted by Gasteiger charge is 2.22. The molecule has 0 aliphatic rings. The molecule has 0 spiro atoms. The molecule has 0 heterocycles. The molecule has 4 heteroatoms. The number of Topliss-reactive ketones (excluding diaryl/α,β-unsaturated/α-hetero) is 1. The summed E-state index contributed by atoms with van der Waals surface area (Å²) in [7, 11) is 0. The fourth-order valence-electron chi connectivity index (χ4n) is 1.34. The SMILES string of the molecule is Cc1cccc(C(=O)NCC(=O)C(C)(C)C)c1Cl. The number of hydrogen-bond acceptors (Lipinski definition) is 2. The van der Waals surface area contributed by atoms with Crippen LogP contribution in [-0.2, 0) is 4.79 Å². The highest BCUT2D eigenvalue weighted by molar-refractivity contribution is 6.34. The van der Waals surface area contributed by atoms with Crippen molar-refractivity contribution in [3.63, 3.8) is 0 Å². The van der Waals surface area contributed by atoms with Gasteiger partial charge in [-0.05, 0) is 18.6 Å². The molecule has 1 amide bonds. The molecule has 0 unspecified atom stereocenters. The smallest absolute Gasteiger partial charge is 0.253 e. The molecule has 1 aromatic carbocycles. The molecule has 0 saturated heterocycles. The summed E-state index contributed by atoms with van der Waals surface area (Å²) in [6.45, 7) is 7.31. The Morgan fingerprint density at radius 2 is 1.89 bits per heavy atom. The third kappa shape index (κ3) is 3.57. The number of amides is 1. The molecule has 18 heavy (non-hydrogen) atoms. The van der Waals surface area contributed by atoms with Crippen LogP contribution in [0, 0.1) is 12.3 Å². The summed E-state index contributed by atoms with van der Waals surface area (Å²) in [6.07, 6.45) is 0. The molecule has 0 atom stereocenters. The molecule has 0 aromatic heterocycles. The van der Waals surface area contributed by atoms with Gasteiger partial charge in [0.05, 0.1) is 17.1 Å². The molecule has 0 aliphatic heterocycles. The molecule has 3 nitrogen and oxygen atoms in total. The first kappa shape index (κ1) is 14.7. The Morgan fingerprint density at radius 3 is 2.44 bits per heavy atom. The normalized spacial score (nSPS) is 11.2. The van der Waals surface area contributed by atoms with Crippen LogP contribution >= 0.6 is 11.6 Å². The second-order valence-corrected chi connectivity index (χ2v) is 5.67. The van der Waals surface area contributed by atoms with Gasteiger partial charge in [-0.15, -0.1) is 0 Å². The van der Waals surface area contributed by atoms with Crippen molar-refractivity contribution in [3.05, 3.63) is 34.3 Å². The van der Waals surface area contributed by atoms with Crippen molar-refractivity contribution in [1.29, 1.82) is 0 Å². The summed E-state index contributed by atoms with van der Waals surface area (Å²) in [6, 6.07) is 5.24. The molecule has 0 radical (unpaired) electrons. The van der Waals surface area contributed by atoms with Crippen molar-refractivity contribution in [3.8, 4) is 0 Å². The van der Waals surface area contributed by atoms with E-state index in [0.29, 0.717) is 10.6 Å². The highest BCUT2D eigenvalue weighted by atomic mass is 35.5. The van der Waals surface area contributed by atoms with E-state index in [1.807, 2.05) is 33.8 Å². The summed E-state index contributed by atoms with van der Waals surface area (Å²) in [4.78, 5) is 23.6. The van der Waals surface area contributed by atoms with Gasteiger partial charge >= 0.3 is 0 Å². The maximum atomic E-state index is 11.9. The van der Waals surface area contributed by atoms with Crippen LogP contribution in [0.25, 0.3) is 0 Å². The lowest BCUT2D eigenvalue weighted by molar-refractivity contribution is -0.125. The van der Waals surface area contributed by atoms with E-state index in [0.717, 1.165) is 5.56 Å². The van der Waals surface area contributed by atoms with Crippen LogP contribution in [0.1, 0.15) is 36.7 Å². The summed E-state index contributed by atoms with van der Waals surface area (Å²) in [5.41, 5.74) is 0.786. The molecular formula is C14H18ClNO2. The molecule has 0 bridgehead atoms. The molecule has 1 N–H and O–H groups in total. The minimum absolute atomic E-state index is 0.0142. The van der Waals surface area contributed by atoms with E-state index < -0.39 is 5.41 Å². The van der Waals surface area contributed by atoms with Crippen molar-refractivity contribution < 1.29 is 9.59 Å². The van der Waals surface area contributed by atoms with Crippen molar-refractivity contribution in [1.82, 2.24) is 5.32 Å². The lowest BCUT2D eigenvalue weighted by Gasteiger charge is -2.17. The quantitative estimate of drug-likeness (QED) is 0.915. The van der Waals surface area contributed by atoms with E-state index in [9.17, 15) is 9.59 Å². The molecule has 0 fully saturated rings. The predicted molar refractivity (Wildman–Crippen MR) is 73.0 cm³/mol. The van der Waals surface area contributed by atoms with E-state index in [1.54, 1.807) is 12.1 Å². The van der Waals surface area contributed by atoms with Crippen LogP contribution in [0.2, 0.25) is 5.02 Å². The first-order chi connectivity index (χ1) is 8.23. The average Bonchev–Trinajstić information content (AvgIpc) is 2.27. The molecule has 98 valence electrons. The number of benzene rings is 1. The third-order valence-electron chi connectivity index (χ3n) is 2.68. The van der Waals surface area contributed by atoms with Gasteiger partial charge in [0.2, 0.25) is 0 Å². The minimum atomic E-state index is -0.455. The average molecular weight is 268 g/mol. The third-order valence-corrected chi connectivity index (χ3v) is 3.18. The Labute approximate surface area is 113 Å². The standard InChI is InChI=1S/C14H18ClNO2/c1-9-6-5-7-10(12(9)15)13(18)16-8-11(17)14(2,3)4/h5-7H,8H2,1-4H3,(H,16,18). The van der Waals surface area contributed by atoms with Crippen molar-refractivity contribution in [2.75, 3.05) is 6.54 Å². The van der Waals surface area contributed by atoms with Crippen LogP contribution in [0.15, 0.2) is 18.2 Å². The maximum Gasteiger partial charge on any atom is 0.253 e. The Hall–Kier alpha value is -1.35. The van der Waals surface area contributed by atoms with Crippen LogP contribution in [0.3, 0.4) is 0 Å². The monoisotopic (exact) mass is 267 g/mol. The van der Waals surface area contributed by atoms with E-state index in [4.69, 9.17) is 11.6 Å². The largest absolute Gasteiger partial charge is 0.345 e. The van der Waals surface area contributed by atoms with Gasteiger partial charge in [0.25, 0.3) is 5.91 Å². The summed E-state index contributed by atoms with van der Waals surface area (Å²) >= 11 is 6.05. The topological polar surface area (TPSA) is 46.2 Å². The van der Waals surface area contributed by atoms with E-state index in [-0.39, 0.29) is 18.2 Å². The van der Waals surface area contributed by atoms with Gasteiger partial charge in [-0.1, -0.05) is 44.5 Å². The number of nitrogens with one attached hydrogen (secondary N) is 1. The van der Waals surface area contributed by atoms with Gasteiger partial charge in [-0.2, -0.15) is 0 Å². The van der Waals surface area contributed by atoms with Gasteiger partial charge < -0.3 is 5.32 Å². The molecule has 1 aromatic rings. The van der Waals surface area contributed by atoms with Gasteiger partial charge in [0.15, 0.2) is 5.78 Å². The van der Waals surface area contributed by atoms with Gasteiger partial charge in [-0.3, -0.25) is 9.59 Å². The number of ketones is 1. The van der Waals surface area contributed by atoms with E-state index >= 15 is 0 Å². The van der Waals surface area contributed by atoms with Gasteiger partial charge in [-0.25, -0.2) is 0 Å². The summed E-state index contributed by atoms with van der Waals surface area (Å²) < 4.78 is 0. The molecular weight excluding hydrogens is 250 g/mol. The number of halogens is 1. The van der Waals surface area contributed by atoms with E-state index in [2.05, 4.69) is 5.32 Å². The molecule has 1 rings (SSSR count). The summed E-state index contributed by atoms with van der Waals surface area (Å²) in [5.74, 6) is -0.332. The molecule has 0 aliphatic carbocycles. The first-order valence-electron chi connectivity index (χ1n) is 5.80. The van der Waals surface area contributed by atoms with Crippen molar-refractivity contribution in [2.24, 2.45) is 5.41 Å². The zero-order chi connectivity index (χ0) is 13.9. The number of carbonyl (C=O) groups is 2. The maximum absolute atomic E-state index is 11.9. The second-order valence-electron chi connectivity index (χ2n) is 5.29. The van der Waals surface area contributed by atoms with E-state index in [1.165, 1.54) is 0 Å². The fraction of sp³-hybridized carbons (Fsp3) is 0.429. The second kappa shape index (κ2) is 5.53. The number of rotatable bonds is 3. The first-order valence-corrected chi connectivity index (χ1v) is 6.18. The Balaban J connectivity index is 2.73. The number of carbonyl (C=O) groups excluding carboxylic acids is 2. The number of aryl methyl sites for hydroxylation is 1. The zero-order valence-corrected chi connectivity index (χ0v) is 11.9. The van der Waals surface area contributed by atoms with Crippen molar-refractivity contribution >= 4 is 23.3 Å². The Bertz CT molecular complexity index is 475. The van der Waals surface area contributed by atoms with Crippen LogP contribution in [0.4, 0.5) is 0 Å². The lowest BCUT2D eigenvalue weighted by Crippen LogP contribution is -2.35.